The van der Waals surface area contributed by atoms with E-state index in [4.69, 9.17) is 10.5 Å². The van der Waals surface area contributed by atoms with Gasteiger partial charge in [0.25, 0.3) is 0 Å². The van der Waals surface area contributed by atoms with Gasteiger partial charge in [0.05, 0.1) is 19.3 Å². The maximum atomic E-state index is 15.9. The number of primary amides is 1. The maximum absolute atomic E-state index is 15.9. The lowest BCUT2D eigenvalue weighted by Gasteiger charge is -2.34. The summed E-state index contributed by atoms with van der Waals surface area (Å²) in [6.07, 6.45) is 3.98. The van der Waals surface area contributed by atoms with Gasteiger partial charge in [-0.1, -0.05) is 19.9 Å². The molecule has 176 valence electrons. The second-order valence-electron chi connectivity index (χ2n) is 8.24. The molecule has 9 heteroatoms. The van der Waals surface area contributed by atoms with Crippen LogP contribution < -0.4 is 10.5 Å². The summed E-state index contributed by atoms with van der Waals surface area (Å²) >= 11 is 0. The summed E-state index contributed by atoms with van der Waals surface area (Å²) in [5.74, 6) is -0.719. The van der Waals surface area contributed by atoms with E-state index in [9.17, 15) is 9.18 Å². The number of fused-ring (bicyclic) bond motifs is 1. The molecular weight excluding hydrogens is 428 g/mol. The number of likely N-dealkylation sites (tertiary alicyclic amines) is 1. The van der Waals surface area contributed by atoms with Gasteiger partial charge in [-0.05, 0) is 37.2 Å². The molecule has 2 atom stereocenters. The van der Waals surface area contributed by atoms with Crippen LogP contribution in [0.5, 0.6) is 5.75 Å². The Morgan fingerprint density at radius 2 is 2.09 bits per heavy atom. The Morgan fingerprint density at radius 1 is 1.33 bits per heavy atom. The largest absolute Gasteiger partial charge is 0.495 e. The molecule has 0 spiro atoms. The van der Waals surface area contributed by atoms with Gasteiger partial charge in [-0.25, -0.2) is 18.6 Å². The van der Waals surface area contributed by atoms with Gasteiger partial charge in [-0.15, -0.1) is 0 Å². The summed E-state index contributed by atoms with van der Waals surface area (Å²) < 4.78 is 36.1. The summed E-state index contributed by atoms with van der Waals surface area (Å²) in [7, 11) is 1.54. The number of methoxy groups -OCH3 is 1. The van der Waals surface area contributed by atoms with E-state index >= 15 is 4.39 Å². The summed E-state index contributed by atoms with van der Waals surface area (Å²) in [4.78, 5) is 23.2. The standard InChI is InChI=1S/C24H29F2N5O2/c1-4-30(5-2)20-8-9-31(24(27)32)22(20)16-6-7-19(25)18(21(16)26)10-14-12-28-23-17(14)11-15(33-3)13-29-23/h6-7,11-13,20,22H,4-5,8-10H2,1-3H3,(H2,27,32)(H,28,29). The van der Waals surface area contributed by atoms with Crippen LogP contribution >= 0.6 is 0 Å². The molecule has 3 N–H and O–H groups in total. The van der Waals surface area contributed by atoms with Crippen LogP contribution in [0.1, 0.15) is 43.0 Å². The molecule has 0 radical (unpaired) electrons. The molecule has 3 aromatic rings. The molecule has 1 aliphatic rings. The SMILES string of the molecule is CCN(CC)C1CCN(C(N)=O)C1c1ccc(F)c(Cc2c[nH]c3ncc(OC)cc23)c1F. The average molecular weight is 458 g/mol. The molecule has 1 aliphatic heterocycles. The summed E-state index contributed by atoms with van der Waals surface area (Å²) in [6.45, 7) is 5.99. The normalized spacial score (nSPS) is 18.4. The number of benzene rings is 1. The summed E-state index contributed by atoms with van der Waals surface area (Å²) in [5, 5.41) is 0.735. The van der Waals surface area contributed by atoms with E-state index in [0.717, 1.165) is 18.5 Å². The van der Waals surface area contributed by atoms with Crippen molar-refractivity contribution in [3.8, 4) is 5.75 Å². The van der Waals surface area contributed by atoms with Crippen molar-refractivity contribution in [2.24, 2.45) is 5.73 Å². The zero-order valence-electron chi connectivity index (χ0n) is 19.1. The van der Waals surface area contributed by atoms with Crippen LogP contribution in [0.3, 0.4) is 0 Å². The molecule has 33 heavy (non-hydrogen) atoms. The number of aromatic amines is 1. The third-order valence-electron chi connectivity index (χ3n) is 6.66. The fourth-order valence-electron chi connectivity index (χ4n) is 4.97. The first kappa shape index (κ1) is 23.0. The number of ether oxygens (including phenoxy) is 1. The predicted molar refractivity (Wildman–Crippen MR) is 122 cm³/mol. The highest BCUT2D eigenvalue weighted by atomic mass is 19.1. The number of urea groups is 1. The average Bonchev–Trinajstić information content (AvgIpc) is 3.42. The second kappa shape index (κ2) is 9.35. The number of carbonyl (C=O) groups excluding carboxylic acids is 1. The van der Waals surface area contributed by atoms with Crippen molar-refractivity contribution in [1.29, 1.82) is 0 Å². The molecule has 2 aromatic heterocycles. The molecule has 1 saturated heterocycles. The number of aromatic nitrogens is 2. The smallest absolute Gasteiger partial charge is 0.315 e. The van der Waals surface area contributed by atoms with Crippen LogP contribution in [0.15, 0.2) is 30.6 Å². The van der Waals surface area contributed by atoms with Gasteiger partial charge in [0, 0.05) is 41.7 Å². The van der Waals surface area contributed by atoms with Gasteiger partial charge >= 0.3 is 6.03 Å². The number of pyridine rings is 1. The van der Waals surface area contributed by atoms with Crippen LogP contribution in [0, 0.1) is 11.6 Å². The Balaban J connectivity index is 1.77. The molecule has 3 heterocycles. The molecule has 0 bridgehead atoms. The molecular formula is C24H29F2N5O2. The van der Waals surface area contributed by atoms with Gasteiger partial charge in [-0.3, -0.25) is 4.90 Å². The fraction of sp³-hybridized carbons (Fsp3) is 0.417. The molecule has 2 amide bonds. The number of nitrogens with zero attached hydrogens (tertiary/aromatic N) is 3. The first-order valence-electron chi connectivity index (χ1n) is 11.2. The van der Waals surface area contributed by atoms with E-state index in [1.54, 1.807) is 18.5 Å². The topological polar surface area (TPSA) is 87.5 Å². The van der Waals surface area contributed by atoms with E-state index in [2.05, 4.69) is 14.9 Å². The second-order valence-corrected chi connectivity index (χ2v) is 8.24. The number of amides is 2. The quantitative estimate of drug-likeness (QED) is 0.562. The number of nitrogens with two attached hydrogens (primary N) is 1. The van der Waals surface area contributed by atoms with Gasteiger partial charge in [-0.2, -0.15) is 0 Å². The molecule has 0 aliphatic carbocycles. The third kappa shape index (κ3) is 4.13. The number of hydrogen-bond donors (Lipinski definition) is 2. The molecule has 1 fully saturated rings. The maximum Gasteiger partial charge on any atom is 0.315 e. The lowest BCUT2D eigenvalue weighted by atomic mass is 9.93. The lowest BCUT2D eigenvalue weighted by molar-refractivity contribution is 0.154. The predicted octanol–water partition coefficient (Wildman–Crippen LogP) is 3.98. The number of likely N-dealkylation sites (N-methyl/N-ethyl adjacent to an activating group) is 1. The van der Waals surface area contributed by atoms with Crippen molar-refractivity contribution in [3.05, 3.63) is 58.9 Å². The van der Waals surface area contributed by atoms with Crippen LogP contribution in [0.2, 0.25) is 0 Å². The number of halogens is 2. The molecule has 2 unspecified atom stereocenters. The number of nitrogens with one attached hydrogen (secondary N) is 1. The van der Waals surface area contributed by atoms with Crippen molar-refractivity contribution >= 4 is 17.1 Å². The summed E-state index contributed by atoms with van der Waals surface area (Å²) in [6, 6.07) is 3.23. The van der Waals surface area contributed by atoms with Crippen molar-refractivity contribution in [3.63, 3.8) is 0 Å². The third-order valence-corrected chi connectivity index (χ3v) is 6.66. The summed E-state index contributed by atoms with van der Waals surface area (Å²) in [5.41, 5.74) is 7.18. The molecule has 0 saturated carbocycles. The minimum atomic E-state index is -0.643. The van der Waals surface area contributed by atoms with Crippen LogP contribution in [0.25, 0.3) is 11.0 Å². The molecule has 1 aromatic carbocycles. The number of hydrogen-bond acceptors (Lipinski definition) is 4. The lowest BCUT2D eigenvalue weighted by Crippen LogP contribution is -2.43. The van der Waals surface area contributed by atoms with Crippen molar-refractivity contribution in [1.82, 2.24) is 19.8 Å². The first-order chi connectivity index (χ1) is 15.9. The Morgan fingerprint density at radius 3 is 2.76 bits per heavy atom. The fourth-order valence-corrected chi connectivity index (χ4v) is 4.97. The minimum absolute atomic E-state index is 0.0274. The van der Waals surface area contributed by atoms with Gasteiger partial charge in [0.2, 0.25) is 0 Å². The Kier molecular flexibility index (Phi) is 6.51. The van der Waals surface area contributed by atoms with Crippen LogP contribution in [-0.4, -0.2) is 58.6 Å². The molecule has 7 nitrogen and oxygen atoms in total. The Labute approximate surface area is 191 Å². The van der Waals surface area contributed by atoms with E-state index in [0.29, 0.717) is 29.9 Å². The van der Waals surface area contributed by atoms with E-state index in [1.807, 2.05) is 13.8 Å². The van der Waals surface area contributed by atoms with Crippen molar-refractivity contribution in [2.45, 2.75) is 38.8 Å². The van der Waals surface area contributed by atoms with E-state index < -0.39 is 23.7 Å². The highest BCUT2D eigenvalue weighted by molar-refractivity contribution is 5.81. The van der Waals surface area contributed by atoms with Crippen molar-refractivity contribution in [2.75, 3.05) is 26.7 Å². The highest BCUT2D eigenvalue weighted by Gasteiger charge is 2.41. The van der Waals surface area contributed by atoms with Gasteiger partial charge < -0.3 is 20.4 Å². The van der Waals surface area contributed by atoms with Gasteiger partial charge in [0.15, 0.2) is 0 Å². The molecule has 4 rings (SSSR count). The van der Waals surface area contributed by atoms with E-state index in [1.165, 1.54) is 24.1 Å². The van der Waals surface area contributed by atoms with Crippen LogP contribution in [-0.2, 0) is 6.42 Å². The first-order valence-corrected chi connectivity index (χ1v) is 11.2. The zero-order valence-corrected chi connectivity index (χ0v) is 19.1. The number of H-pyrrole nitrogens is 1. The van der Waals surface area contributed by atoms with Gasteiger partial charge in [0.1, 0.15) is 23.0 Å². The monoisotopic (exact) mass is 457 g/mol. The highest BCUT2D eigenvalue weighted by Crippen LogP contribution is 2.38. The van der Waals surface area contributed by atoms with Crippen molar-refractivity contribution < 1.29 is 18.3 Å². The van der Waals surface area contributed by atoms with E-state index in [-0.39, 0.29) is 23.6 Å². The Hall–Kier alpha value is -3.20. The zero-order chi connectivity index (χ0) is 23.7. The Bertz CT molecular complexity index is 1160. The number of rotatable bonds is 7. The number of carbonyl (C=O) groups is 1. The van der Waals surface area contributed by atoms with Crippen LogP contribution in [0.4, 0.5) is 13.6 Å². The minimum Gasteiger partial charge on any atom is -0.495 e.